The number of halogens is 1. The lowest BCUT2D eigenvalue weighted by Gasteiger charge is -2.13. The highest BCUT2D eigenvalue weighted by molar-refractivity contribution is 5.76. The molecule has 0 spiro atoms. The van der Waals surface area contributed by atoms with Gasteiger partial charge in [0.2, 0.25) is 0 Å². The fourth-order valence-electron chi connectivity index (χ4n) is 2.49. The normalized spacial score (nSPS) is 12.7. The van der Waals surface area contributed by atoms with Gasteiger partial charge in [0.1, 0.15) is 17.7 Å². The number of imidazole rings is 1. The van der Waals surface area contributed by atoms with Crippen molar-refractivity contribution in [1.29, 1.82) is 0 Å². The van der Waals surface area contributed by atoms with Crippen molar-refractivity contribution in [3.8, 4) is 0 Å². The lowest BCUT2D eigenvalue weighted by Crippen LogP contribution is -2.10. The van der Waals surface area contributed by atoms with Crippen molar-refractivity contribution in [2.75, 3.05) is 0 Å². The Bertz CT molecular complexity index is 766. The Morgan fingerprint density at radius 1 is 1.14 bits per heavy atom. The Hall–Kier alpha value is -2.20. The lowest BCUT2D eigenvalue weighted by atomic mass is 10.2. The number of nitrogens with zero attached hydrogens (tertiary/aromatic N) is 2. The summed E-state index contributed by atoms with van der Waals surface area (Å²) < 4.78 is 15.8. The third-order valence-electron chi connectivity index (χ3n) is 3.66. The Balaban J connectivity index is 2.13. The molecule has 0 aliphatic rings. The maximum atomic E-state index is 13.9. The predicted octanol–water partition coefficient (Wildman–Crippen LogP) is 3.67. The number of benzene rings is 2. The van der Waals surface area contributed by atoms with Gasteiger partial charge in [-0.25, -0.2) is 9.37 Å². The maximum absolute atomic E-state index is 13.9. The van der Waals surface area contributed by atoms with E-state index in [1.54, 1.807) is 12.1 Å². The molecule has 1 aromatic heterocycles. The first-order valence-electron chi connectivity index (χ1n) is 7.07. The maximum Gasteiger partial charge on any atom is 0.139 e. The first-order valence-corrected chi connectivity index (χ1v) is 7.07. The summed E-state index contributed by atoms with van der Waals surface area (Å²) in [5.41, 5.74) is 2.31. The van der Waals surface area contributed by atoms with Gasteiger partial charge in [-0.2, -0.15) is 0 Å². The summed E-state index contributed by atoms with van der Waals surface area (Å²) in [5, 5.41) is 10.2. The minimum Gasteiger partial charge on any atom is -0.385 e. The zero-order chi connectivity index (χ0) is 14.8. The van der Waals surface area contributed by atoms with Gasteiger partial charge in [0.25, 0.3) is 0 Å². The number of para-hydroxylation sites is 2. The van der Waals surface area contributed by atoms with Gasteiger partial charge in [-0.05, 0) is 24.6 Å². The van der Waals surface area contributed by atoms with Crippen LogP contribution in [0.15, 0.2) is 48.5 Å². The average molecular weight is 284 g/mol. The van der Waals surface area contributed by atoms with Crippen LogP contribution in [0, 0.1) is 5.82 Å². The van der Waals surface area contributed by atoms with E-state index in [4.69, 9.17) is 0 Å². The van der Waals surface area contributed by atoms with Gasteiger partial charge in [-0.3, -0.25) is 0 Å². The van der Waals surface area contributed by atoms with E-state index in [0.29, 0.717) is 24.4 Å². The van der Waals surface area contributed by atoms with E-state index in [9.17, 15) is 9.50 Å². The van der Waals surface area contributed by atoms with Gasteiger partial charge in [0.15, 0.2) is 0 Å². The Labute approximate surface area is 122 Å². The van der Waals surface area contributed by atoms with Crippen molar-refractivity contribution in [3.05, 3.63) is 65.7 Å². The van der Waals surface area contributed by atoms with Crippen LogP contribution in [0.5, 0.6) is 0 Å². The molecule has 3 nitrogen and oxygen atoms in total. The molecule has 1 heterocycles. The summed E-state index contributed by atoms with van der Waals surface area (Å²) in [6, 6.07) is 14.4. The molecule has 21 heavy (non-hydrogen) atoms. The van der Waals surface area contributed by atoms with Crippen molar-refractivity contribution in [2.45, 2.75) is 26.0 Å². The molecule has 0 unspecified atom stereocenters. The van der Waals surface area contributed by atoms with Gasteiger partial charge in [-0.1, -0.05) is 37.3 Å². The second-order valence-corrected chi connectivity index (χ2v) is 5.06. The molecular formula is C17H17FN2O. The number of aliphatic hydroxyl groups is 1. The van der Waals surface area contributed by atoms with Crippen molar-refractivity contribution < 1.29 is 9.50 Å². The third-order valence-corrected chi connectivity index (χ3v) is 3.66. The van der Waals surface area contributed by atoms with Crippen molar-refractivity contribution in [1.82, 2.24) is 9.55 Å². The molecule has 0 fully saturated rings. The van der Waals surface area contributed by atoms with E-state index in [1.807, 2.05) is 41.8 Å². The summed E-state index contributed by atoms with van der Waals surface area (Å²) >= 11 is 0. The van der Waals surface area contributed by atoms with Crippen LogP contribution in [-0.4, -0.2) is 14.7 Å². The van der Waals surface area contributed by atoms with E-state index < -0.39 is 6.10 Å². The summed E-state index contributed by atoms with van der Waals surface area (Å²) in [5.74, 6) is 0.342. The fraction of sp³-hybridized carbons (Fsp3) is 0.235. The van der Waals surface area contributed by atoms with Crippen LogP contribution in [0.25, 0.3) is 11.0 Å². The van der Waals surface area contributed by atoms with Crippen LogP contribution in [0.4, 0.5) is 4.39 Å². The first-order chi connectivity index (χ1) is 10.2. The van der Waals surface area contributed by atoms with E-state index in [2.05, 4.69) is 4.98 Å². The molecule has 0 radical (unpaired) electrons. The number of hydrogen-bond donors (Lipinski definition) is 1. The zero-order valence-corrected chi connectivity index (χ0v) is 11.8. The number of aromatic nitrogens is 2. The van der Waals surface area contributed by atoms with E-state index in [1.165, 1.54) is 6.07 Å². The number of fused-ring (bicyclic) bond motifs is 1. The molecule has 3 rings (SSSR count). The van der Waals surface area contributed by atoms with Gasteiger partial charge in [-0.15, -0.1) is 0 Å². The van der Waals surface area contributed by atoms with Crippen molar-refractivity contribution in [2.24, 2.45) is 0 Å². The number of hydrogen-bond acceptors (Lipinski definition) is 2. The molecule has 4 heteroatoms. The molecule has 1 atom stereocenters. The van der Waals surface area contributed by atoms with E-state index >= 15 is 0 Å². The van der Waals surface area contributed by atoms with E-state index in [-0.39, 0.29) is 5.82 Å². The molecule has 0 bridgehead atoms. The minimum atomic E-state index is -0.649. The smallest absolute Gasteiger partial charge is 0.139 e. The van der Waals surface area contributed by atoms with Crippen molar-refractivity contribution in [3.63, 3.8) is 0 Å². The standard InChI is InChI=1S/C17H17FN2O/c1-2-16(21)17-19-14-9-5-6-10-15(14)20(17)11-12-7-3-4-8-13(12)18/h3-10,16,21H,2,11H2,1H3/t16-/m1/s1. The highest BCUT2D eigenvalue weighted by Crippen LogP contribution is 2.24. The lowest BCUT2D eigenvalue weighted by molar-refractivity contribution is 0.160. The van der Waals surface area contributed by atoms with E-state index in [0.717, 1.165) is 11.0 Å². The van der Waals surface area contributed by atoms with Gasteiger partial charge in [0.05, 0.1) is 17.6 Å². The van der Waals surface area contributed by atoms with Crippen molar-refractivity contribution >= 4 is 11.0 Å². The first kappa shape index (κ1) is 13.8. The topological polar surface area (TPSA) is 38.1 Å². The molecule has 3 aromatic rings. The molecule has 108 valence electrons. The Kier molecular flexibility index (Phi) is 3.71. The Morgan fingerprint density at radius 2 is 1.86 bits per heavy atom. The fourth-order valence-corrected chi connectivity index (χ4v) is 2.49. The molecule has 0 aliphatic carbocycles. The average Bonchev–Trinajstić information content (AvgIpc) is 2.88. The third kappa shape index (κ3) is 2.54. The minimum absolute atomic E-state index is 0.243. The molecule has 0 amide bonds. The van der Waals surface area contributed by atoms with Gasteiger partial charge in [0, 0.05) is 5.56 Å². The highest BCUT2D eigenvalue weighted by atomic mass is 19.1. The number of aliphatic hydroxyl groups excluding tert-OH is 1. The quantitative estimate of drug-likeness (QED) is 0.794. The van der Waals surface area contributed by atoms with Crippen LogP contribution in [0.3, 0.4) is 0 Å². The monoisotopic (exact) mass is 284 g/mol. The summed E-state index contributed by atoms with van der Waals surface area (Å²) in [6.45, 7) is 2.26. The molecule has 0 aliphatic heterocycles. The summed E-state index contributed by atoms with van der Waals surface area (Å²) in [7, 11) is 0. The van der Waals surface area contributed by atoms with Gasteiger partial charge >= 0.3 is 0 Å². The van der Waals surface area contributed by atoms with Crippen LogP contribution >= 0.6 is 0 Å². The zero-order valence-electron chi connectivity index (χ0n) is 11.8. The van der Waals surface area contributed by atoms with Crippen LogP contribution < -0.4 is 0 Å². The second kappa shape index (κ2) is 5.66. The summed E-state index contributed by atoms with van der Waals surface area (Å²) in [6.07, 6.45) is -0.0789. The second-order valence-electron chi connectivity index (χ2n) is 5.06. The SMILES string of the molecule is CC[C@@H](O)c1nc2ccccc2n1Cc1ccccc1F. The molecular weight excluding hydrogens is 267 g/mol. The van der Waals surface area contributed by atoms with Gasteiger partial charge < -0.3 is 9.67 Å². The Morgan fingerprint density at radius 3 is 2.62 bits per heavy atom. The summed E-state index contributed by atoms with van der Waals surface area (Å²) in [4.78, 5) is 4.50. The molecule has 0 saturated carbocycles. The number of rotatable bonds is 4. The van der Waals surface area contributed by atoms with Crippen LogP contribution in [0.2, 0.25) is 0 Å². The highest BCUT2D eigenvalue weighted by Gasteiger charge is 2.17. The predicted molar refractivity (Wildman–Crippen MR) is 80.5 cm³/mol. The molecule has 1 N–H and O–H groups in total. The molecule has 2 aromatic carbocycles. The largest absolute Gasteiger partial charge is 0.385 e. The van der Waals surface area contributed by atoms with Crippen LogP contribution in [0.1, 0.15) is 30.8 Å². The van der Waals surface area contributed by atoms with Crippen LogP contribution in [-0.2, 0) is 6.54 Å². The molecule has 0 saturated heterocycles.